The number of hydrogen-bond acceptors (Lipinski definition) is 4. The van der Waals surface area contributed by atoms with E-state index in [4.69, 9.17) is 0 Å². The van der Waals surface area contributed by atoms with Gasteiger partial charge in [0.25, 0.3) is 0 Å². The number of aromatic nitrogens is 4. The van der Waals surface area contributed by atoms with E-state index in [-0.39, 0.29) is 17.4 Å². The quantitative estimate of drug-likeness (QED) is 0.883. The predicted molar refractivity (Wildman–Crippen MR) is 99.8 cm³/mol. The van der Waals surface area contributed by atoms with Gasteiger partial charge in [-0.15, -0.1) is 5.10 Å². The van der Waals surface area contributed by atoms with Crippen molar-refractivity contribution < 1.29 is 9.29 Å². The molecule has 1 aromatic heterocycles. The van der Waals surface area contributed by atoms with E-state index >= 15 is 0 Å². The second-order valence-corrected chi connectivity index (χ2v) is 8.06. The van der Waals surface area contributed by atoms with Crippen LogP contribution in [0.25, 0.3) is 0 Å². The normalized spacial score (nSPS) is 17.5. The summed E-state index contributed by atoms with van der Waals surface area (Å²) in [6.07, 6.45) is 2.13. The second-order valence-electron chi connectivity index (χ2n) is 8.06. The summed E-state index contributed by atoms with van der Waals surface area (Å²) in [4.78, 5) is 3.63. The van der Waals surface area contributed by atoms with Crippen LogP contribution in [0, 0.1) is 5.82 Å². The van der Waals surface area contributed by atoms with Crippen molar-refractivity contribution in [3.05, 3.63) is 35.9 Å². The molecule has 1 fully saturated rings. The molecule has 0 saturated carbocycles. The molecule has 26 heavy (non-hydrogen) atoms. The van der Waals surface area contributed by atoms with Crippen molar-refractivity contribution in [2.75, 3.05) is 31.1 Å². The number of piperazine rings is 1. The van der Waals surface area contributed by atoms with E-state index in [1.165, 1.54) is 11.0 Å². The second kappa shape index (κ2) is 7.70. The molecule has 3 rings (SSSR count). The van der Waals surface area contributed by atoms with Crippen molar-refractivity contribution >= 4 is 5.69 Å². The summed E-state index contributed by atoms with van der Waals surface area (Å²) in [5, 5.41) is 12.6. The molecule has 1 atom stereocenters. The third kappa shape index (κ3) is 3.87. The Labute approximate surface area is 155 Å². The van der Waals surface area contributed by atoms with Crippen LogP contribution < -0.4 is 9.80 Å². The van der Waals surface area contributed by atoms with Gasteiger partial charge >= 0.3 is 0 Å². The van der Waals surface area contributed by atoms with Crippen molar-refractivity contribution in [3.8, 4) is 0 Å². The van der Waals surface area contributed by atoms with Gasteiger partial charge in [-0.25, -0.2) is 9.07 Å². The fourth-order valence-corrected chi connectivity index (χ4v) is 3.79. The van der Waals surface area contributed by atoms with E-state index in [9.17, 15) is 4.39 Å². The van der Waals surface area contributed by atoms with Gasteiger partial charge in [-0.05, 0) is 43.3 Å². The molecule has 0 aliphatic carbocycles. The Hall–Kier alpha value is -2.02. The Morgan fingerprint density at radius 2 is 1.88 bits per heavy atom. The van der Waals surface area contributed by atoms with E-state index in [1.54, 1.807) is 6.07 Å². The number of benzene rings is 1. The Morgan fingerprint density at radius 1 is 1.19 bits per heavy atom. The first kappa shape index (κ1) is 18.8. The first-order valence-electron chi connectivity index (χ1n) is 9.54. The Morgan fingerprint density at radius 3 is 2.50 bits per heavy atom. The van der Waals surface area contributed by atoms with Gasteiger partial charge in [-0.3, -0.25) is 0 Å². The lowest BCUT2D eigenvalue weighted by Gasteiger charge is -2.37. The van der Waals surface area contributed by atoms with Crippen LogP contribution in [0.5, 0.6) is 0 Å². The van der Waals surface area contributed by atoms with Crippen LogP contribution in [0.3, 0.4) is 0 Å². The highest BCUT2D eigenvalue weighted by Crippen LogP contribution is 2.21. The number of nitrogens with one attached hydrogen (secondary N) is 1. The fourth-order valence-electron chi connectivity index (χ4n) is 3.79. The molecule has 0 spiro atoms. The molecule has 1 N–H and O–H groups in total. The Bertz CT molecular complexity index is 715. The number of quaternary nitrogens is 1. The smallest absolute Gasteiger partial charge is 0.209 e. The number of anilines is 1. The average molecular weight is 361 g/mol. The van der Waals surface area contributed by atoms with Crippen LogP contribution in [0.4, 0.5) is 10.1 Å². The molecular weight excluding hydrogens is 331 g/mol. The van der Waals surface area contributed by atoms with E-state index < -0.39 is 0 Å². The van der Waals surface area contributed by atoms with Gasteiger partial charge in [0.15, 0.2) is 0 Å². The van der Waals surface area contributed by atoms with Gasteiger partial charge in [0.05, 0.1) is 37.4 Å². The van der Waals surface area contributed by atoms with Gasteiger partial charge in [0.1, 0.15) is 11.9 Å². The van der Waals surface area contributed by atoms with Crippen molar-refractivity contribution in [1.82, 2.24) is 20.2 Å². The summed E-state index contributed by atoms with van der Waals surface area (Å²) < 4.78 is 16.0. The summed E-state index contributed by atoms with van der Waals surface area (Å²) in [5.74, 6) is 0.825. The highest BCUT2D eigenvalue weighted by Gasteiger charge is 2.34. The third-order valence-electron chi connectivity index (χ3n) is 5.11. The van der Waals surface area contributed by atoms with Gasteiger partial charge in [-0.2, -0.15) is 0 Å². The monoisotopic (exact) mass is 361 g/mol. The van der Waals surface area contributed by atoms with Gasteiger partial charge in [0, 0.05) is 6.42 Å². The zero-order valence-electron chi connectivity index (χ0n) is 16.2. The van der Waals surface area contributed by atoms with Gasteiger partial charge in [0.2, 0.25) is 5.82 Å². The van der Waals surface area contributed by atoms with E-state index in [1.807, 2.05) is 16.8 Å². The molecule has 0 radical (unpaired) electrons. The molecule has 142 valence electrons. The lowest BCUT2D eigenvalue weighted by atomic mass is 10.0. The molecular formula is C19H30FN6+. The predicted octanol–water partition coefficient (Wildman–Crippen LogP) is 1.81. The molecule has 0 bridgehead atoms. The highest BCUT2D eigenvalue weighted by molar-refractivity contribution is 5.47. The minimum Gasteiger partial charge on any atom is -0.358 e. The molecule has 6 nitrogen and oxygen atoms in total. The molecule has 2 heterocycles. The molecule has 2 aromatic rings. The zero-order valence-corrected chi connectivity index (χ0v) is 16.2. The summed E-state index contributed by atoms with van der Waals surface area (Å²) >= 11 is 0. The highest BCUT2D eigenvalue weighted by atomic mass is 19.1. The molecule has 1 aliphatic rings. The van der Waals surface area contributed by atoms with Crippen molar-refractivity contribution in [3.63, 3.8) is 0 Å². The maximum Gasteiger partial charge on any atom is 0.209 e. The summed E-state index contributed by atoms with van der Waals surface area (Å²) in [6.45, 7) is 12.2. The van der Waals surface area contributed by atoms with Gasteiger partial charge < -0.3 is 9.80 Å². The number of hydrogen-bond donors (Lipinski definition) is 1. The standard InChI is InChI=1S/C19H29FN6/c1-5-8-17(18-21-22-23-26(18)19(2,3)4)25-13-11-24(12-14-25)16-10-7-6-9-15(16)20/h6-7,9-10,17H,5,8,11-14H2,1-4H3/p+1/t17-/m0/s1. The minimum absolute atomic E-state index is 0.140. The maximum atomic E-state index is 14.1. The van der Waals surface area contributed by atoms with Gasteiger partial charge in [-0.1, -0.05) is 25.5 Å². The SMILES string of the molecule is CCC[C@@H](c1nnnn1C(C)(C)C)[NH+]1CCN(c2ccccc2F)CC1. The maximum absolute atomic E-state index is 14.1. The number of halogens is 1. The van der Waals surface area contributed by atoms with Crippen LogP contribution in [-0.4, -0.2) is 46.4 Å². The van der Waals surface area contributed by atoms with Crippen LogP contribution in [0.2, 0.25) is 0 Å². The number of rotatable bonds is 5. The summed E-state index contributed by atoms with van der Waals surface area (Å²) in [5.41, 5.74) is 0.567. The van der Waals surface area contributed by atoms with Crippen molar-refractivity contribution in [2.45, 2.75) is 52.1 Å². The Kier molecular flexibility index (Phi) is 5.55. The number of nitrogens with zero attached hydrogens (tertiary/aromatic N) is 5. The van der Waals surface area contributed by atoms with E-state index in [0.29, 0.717) is 5.69 Å². The molecule has 1 aromatic carbocycles. The van der Waals surface area contributed by atoms with Crippen LogP contribution >= 0.6 is 0 Å². The summed E-state index contributed by atoms with van der Waals surface area (Å²) in [7, 11) is 0. The lowest BCUT2D eigenvalue weighted by Crippen LogP contribution is -3.15. The Balaban J connectivity index is 1.76. The minimum atomic E-state index is -0.141. The molecule has 7 heteroatoms. The average Bonchev–Trinajstić information content (AvgIpc) is 3.10. The molecule has 1 aliphatic heterocycles. The first-order chi connectivity index (χ1) is 12.4. The molecule has 1 saturated heterocycles. The van der Waals surface area contributed by atoms with Crippen molar-refractivity contribution in [1.29, 1.82) is 0 Å². The number of para-hydroxylation sites is 1. The topological polar surface area (TPSA) is 51.3 Å². The molecule has 0 unspecified atom stereocenters. The third-order valence-corrected chi connectivity index (χ3v) is 5.11. The zero-order chi connectivity index (χ0) is 18.7. The fraction of sp³-hybridized carbons (Fsp3) is 0.632. The summed E-state index contributed by atoms with van der Waals surface area (Å²) in [6, 6.07) is 7.31. The van der Waals surface area contributed by atoms with Crippen LogP contribution in [-0.2, 0) is 5.54 Å². The largest absolute Gasteiger partial charge is 0.358 e. The van der Waals surface area contributed by atoms with E-state index in [2.05, 4.69) is 48.1 Å². The van der Waals surface area contributed by atoms with Crippen LogP contribution in [0.1, 0.15) is 52.4 Å². The molecule has 0 amide bonds. The van der Waals surface area contributed by atoms with E-state index in [0.717, 1.165) is 44.8 Å². The first-order valence-corrected chi connectivity index (χ1v) is 9.54. The van der Waals surface area contributed by atoms with Crippen molar-refractivity contribution in [2.24, 2.45) is 0 Å². The lowest BCUT2D eigenvalue weighted by molar-refractivity contribution is -0.933. The van der Waals surface area contributed by atoms with Crippen LogP contribution in [0.15, 0.2) is 24.3 Å². The number of tetrazole rings is 1.